The van der Waals surface area contributed by atoms with Crippen molar-refractivity contribution in [2.45, 2.75) is 26.2 Å². The van der Waals surface area contributed by atoms with E-state index in [2.05, 4.69) is 0 Å². The van der Waals surface area contributed by atoms with Gasteiger partial charge in [0.2, 0.25) is 0 Å². The molecule has 1 aliphatic rings. The Labute approximate surface area is 121 Å². The molecular weight excluding hydrogens is 273 g/mol. The van der Waals surface area contributed by atoms with E-state index in [9.17, 15) is 13.2 Å². The van der Waals surface area contributed by atoms with Crippen molar-refractivity contribution >= 4 is 11.6 Å². The summed E-state index contributed by atoms with van der Waals surface area (Å²) in [6.07, 6.45) is 3.17. The van der Waals surface area contributed by atoms with Crippen molar-refractivity contribution in [1.29, 1.82) is 0 Å². The van der Waals surface area contributed by atoms with Crippen LogP contribution in [0, 0.1) is 17.5 Å². The Kier molecular flexibility index (Phi) is 3.58. The lowest BCUT2D eigenvalue weighted by molar-refractivity contribution is 0.571. The van der Waals surface area contributed by atoms with Crippen molar-refractivity contribution in [1.82, 2.24) is 0 Å². The van der Waals surface area contributed by atoms with E-state index < -0.39 is 11.6 Å². The minimum Gasteiger partial charge on any atom is -0.207 e. The highest BCUT2D eigenvalue weighted by Crippen LogP contribution is 2.34. The van der Waals surface area contributed by atoms with Crippen molar-refractivity contribution in [3.05, 3.63) is 70.0 Å². The molecule has 0 N–H and O–H groups in total. The van der Waals surface area contributed by atoms with Crippen molar-refractivity contribution in [2.75, 3.05) is 0 Å². The van der Waals surface area contributed by atoms with Crippen molar-refractivity contribution in [3.8, 4) is 0 Å². The second kappa shape index (κ2) is 5.40. The number of hydrogen-bond donors (Lipinski definition) is 0. The van der Waals surface area contributed by atoms with Crippen LogP contribution in [0.15, 0.2) is 30.3 Å². The summed E-state index contributed by atoms with van der Waals surface area (Å²) in [4.78, 5) is 0. The minimum absolute atomic E-state index is 0.0158. The Hall–Kier alpha value is -2.03. The van der Waals surface area contributed by atoms with E-state index in [-0.39, 0.29) is 11.4 Å². The molecule has 0 aliphatic heterocycles. The predicted molar refractivity (Wildman–Crippen MR) is 78.3 cm³/mol. The smallest absolute Gasteiger partial charge is 0.133 e. The first kappa shape index (κ1) is 13.9. The molecule has 0 heterocycles. The number of rotatable bonds is 2. The first-order chi connectivity index (χ1) is 10.1. The van der Waals surface area contributed by atoms with Crippen molar-refractivity contribution in [2.24, 2.45) is 0 Å². The van der Waals surface area contributed by atoms with Crippen LogP contribution in [0.25, 0.3) is 11.6 Å². The average molecular weight is 288 g/mol. The normalized spacial score (nSPS) is 13.8. The highest BCUT2D eigenvalue weighted by atomic mass is 19.1. The van der Waals surface area contributed by atoms with Gasteiger partial charge in [0.15, 0.2) is 0 Å². The maximum atomic E-state index is 14.2. The molecule has 0 saturated heterocycles. The summed E-state index contributed by atoms with van der Waals surface area (Å²) in [6, 6.07) is 7.55. The van der Waals surface area contributed by atoms with Crippen LogP contribution >= 0.6 is 0 Å². The second-order valence-corrected chi connectivity index (χ2v) is 5.27. The van der Waals surface area contributed by atoms with Gasteiger partial charge in [-0.2, -0.15) is 0 Å². The van der Waals surface area contributed by atoms with Gasteiger partial charge in [0.25, 0.3) is 0 Å². The molecule has 108 valence electrons. The van der Waals surface area contributed by atoms with E-state index in [0.29, 0.717) is 41.5 Å². The fourth-order valence-corrected chi connectivity index (χ4v) is 2.83. The zero-order chi connectivity index (χ0) is 15.0. The molecule has 0 saturated carbocycles. The largest absolute Gasteiger partial charge is 0.207 e. The Balaban J connectivity index is 2.10. The lowest BCUT2D eigenvalue weighted by Gasteiger charge is -2.18. The summed E-state index contributed by atoms with van der Waals surface area (Å²) in [5.41, 5.74) is 2.56. The summed E-state index contributed by atoms with van der Waals surface area (Å²) < 4.78 is 42.0. The molecule has 3 rings (SSSR count). The van der Waals surface area contributed by atoms with Crippen LogP contribution in [0.1, 0.15) is 35.6 Å². The van der Waals surface area contributed by atoms with E-state index in [1.54, 1.807) is 18.2 Å². The number of halogens is 3. The highest BCUT2D eigenvalue weighted by molar-refractivity contribution is 5.85. The molecule has 0 nitrogen and oxygen atoms in total. The van der Waals surface area contributed by atoms with Gasteiger partial charge in [0, 0.05) is 5.56 Å². The SMILES string of the molecule is CCc1cc(F)c(C2=Cc3cccc(F)c3CC2)c(F)c1. The van der Waals surface area contributed by atoms with Gasteiger partial charge in [0.05, 0.1) is 0 Å². The molecule has 1 aliphatic carbocycles. The van der Waals surface area contributed by atoms with E-state index in [0.717, 1.165) is 0 Å². The van der Waals surface area contributed by atoms with Gasteiger partial charge in [-0.05, 0) is 59.7 Å². The molecule has 2 aromatic rings. The molecule has 0 aromatic heterocycles. The molecular formula is C18H15F3. The zero-order valence-electron chi connectivity index (χ0n) is 11.7. The Morgan fingerprint density at radius 2 is 1.67 bits per heavy atom. The molecule has 0 spiro atoms. The van der Waals surface area contributed by atoms with Crippen LogP contribution in [-0.4, -0.2) is 0 Å². The predicted octanol–water partition coefficient (Wildman–Crippen LogP) is 5.15. The Morgan fingerprint density at radius 1 is 0.952 bits per heavy atom. The first-order valence-electron chi connectivity index (χ1n) is 7.06. The molecule has 0 radical (unpaired) electrons. The Morgan fingerprint density at radius 3 is 2.33 bits per heavy atom. The van der Waals surface area contributed by atoms with Gasteiger partial charge in [-0.1, -0.05) is 25.1 Å². The quantitative estimate of drug-likeness (QED) is 0.716. The minimum atomic E-state index is -0.544. The number of hydrogen-bond acceptors (Lipinski definition) is 0. The van der Waals surface area contributed by atoms with Crippen LogP contribution < -0.4 is 0 Å². The summed E-state index contributed by atoms with van der Waals surface area (Å²) in [5.74, 6) is -1.35. The number of allylic oxidation sites excluding steroid dienone is 1. The zero-order valence-corrected chi connectivity index (χ0v) is 11.7. The van der Waals surface area contributed by atoms with Gasteiger partial charge >= 0.3 is 0 Å². The van der Waals surface area contributed by atoms with Crippen LogP contribution in [0.5, 0.6) is 0 Å². The molecule has 0 unspecified atom stereocenters. The van der Waals surface area contributed by atoms with Crippen molar-refractivity contribution < 1.29 is 13.2 Å². The molecule has 0 bridgehead atoms. The average Bonchev–Trinajstić information content (AvgIpc) is 2.46. The van der Waals surface area contributed by atoms with Gasteiger partial charge in [-0.15, -0.1) is 0 Å². The first-order valence-corrected chi connectivity index (χ1v) is 7.06. The van der Waals surface area contributed by atoms with Gasteiger partial charge in [-0.25, -0.2) is 13.2 Å². The molecule has 0 amide bonds. The number of benzene rings is 2. The summed E-state index contributed by atoms with van der Waals surface area (Å²) in [5, 5.41) is 0. The second-order valence-electron chi connectivity index (χ2n) is 5.27. The standard InChI is InChI=1S/C18H15F3/c1-2-11-8-16(20)18(17(21)9-11)13-6-7-14-12(10-13)4-3-5-15(14)19/h3-5,8-10H,2,6-7H2,1H3. The van der Waals surface area contributed by atoms with Crippen LogP contribution in [0.3, 0.4) is 0 Å². The third-order valence-electron chi connectivity index (χ3n) is 3.96. The van der Waals surface area contributed by atoms with Gasteiger partial charge in [-0.3, -0.25) is 0 Å². The van der Waals surface area contributed by atoms with E-state index in [1.165, 1.54) is 18.2 Å². The lowest BCUT2D eigenvalue weighted by atomic mass is 9.87. The molecule has 0 atom stereocenters. The van der Waals surface area contributed by atoms with Crippen LogP contribution in [0.2, 0.25) is 0 Å². The fourth-order valence-electron chi connectivity index (χ4n) is 2.83. The van der Waals surface area contributed by atoms with E-state index in [1.807, 2.05) is 6.92 Å². The molecule has 3 heteroatoms. The molecule has 21 heavy (non-hydrogen) atoms. The Bertz CT molecular complexity index is 706. The summed E-state index contributed by atoms with van der Waals surface area (Å²) in [6.45, 7) is 1.85. The third-order valence-corrected chi connectivity index (χ3v) is 3.96. The lowest BCUT2D eigenvalue weighted by Crippen LogP contribution is -2.05. The highest BCUT2D eigenvalue weighted by Gasteiger charge is 2.20. The molecule has 0 fully saturated rings. The van der Waals surface area contributed by atoms with Gasteiger partial charge < -0.3 is 0 Å². The fraction of sp³-hybridized carbons (Fsp3) is 0.222. The molecule has 2 aromatic carbocycles. The van der Waals surface area contributed by atoms with Crippen LogP contribution in [0.4, 0.5) is 13.2 Å². The monoisotopic (exact) mass is 288 g/mol. The summed E-state index contributed by atoms with van der Waals surface area (Å²) in [7, 11) is 0. The van der Waals surface area contributed by atoms with Crippen molar-refractivity contribution in [3.63, 3.8) is 0 Å². The third kappa shape index (κ3) is 2.48. The van der Waals surface area contributed by atoms with Crippen LogP contribution in [-0.2, 0) is 12.8 Å². The summed E-state index contributed by atoms with van der Waals surface area (Å²) >= 11 is 0. The van der Waals surface area contributed by atoms with Gasteiger partial charge in [0.1, 0.15) is 17.5 Å². The number of aryl methyl sites for hydroxylation is 1. The maximum Gasteiger partial charge on any atom is 0.133 e. The number of fused-ring (bicyclic) bond motifs is 1. The topological polar surface area (TPSA) is 0 Å². The maximum absolute atomic E-state index is 14.2. The van der Waals surface area contributed by atoms with E-state index >= 15 is 0 Å². The van der Waals surface area contributed by atoms with E-state index in [4.69, 9.17) is 0 Å².